The topological polar surface area (TPSA) is 64.2 Å². The highest BCUT2D eigenvalue weighted by molar-refractivity contribution is 14.1. The van der Waals surface area contributed by atoms with Crippen molar-refractivity contribution in [2.45, 2.75) is 6.10 Å². The highest BCUT2D eigenvalue weighted by Gasteiger charge is 2.22. The molecule has 1 aromatic rings. The van der Waals surface area contributed by atoms with Crippen LogP contribution in [-0.4, -0.2) is 29.3 Å². The molecule has 0 spiro atoms. The molecule has 0 aliphatic carbocycles. The lowest BCUT2D eigenvalue weighted by atomic mass is 10.3. The van der Waals surface area contributed by atoms with Crippen molar-refractivity contribution in [1.29, 1.82) is 0 Å². The first kappa shape index (κ1) is 8.95. The van der Waals surface area contributed by atoms with Crippen molar-refractivity contribution in [3.05, 3.63) is 20.3 Å². The first-order valence-electron chi connectivity index (χ1n) is 3.75. The Hall–Kier alpha value is -0.630. The number of H-pyrrole nitrogens is 1. The summed E-state index contributed by atoms with van der Waals surface area (Å²) in [5.74, 6) is 0.387. The van der Waals surface area contributed by atoms with Crippen LogP contribution < -0.4 is 10.3 Å². The first-order chi connectivity index (χ1) is 6.27. The summed E-state index contributed by atoms with van der Waals surface area (Å²) < 4.78 is 10.8. The number of hydrogen-bond acceptors (Lipinski definition) is 4. The Morgan fingerprint density at radius 1 is 1.69 bits per heavy atom. The molecule has 70 valence electrons. The maximum absolute atomic E-state index is 11.1. The molecule has 13 heavy (non-hydrogen) atoms. The van der Waals surface area contributed by atoms with E-state index in [1.807, 2.05) is 22.6 Å². The molecule has 2 rings (SSSR count). The van der Waals surface area contributed by atoms with Crippen LogP contribution in [-0.2, 0) is 4.74 Å². The number of ether oxygens (including phenoxy) is 2. The van der Waals surface area contributed by atoms with E-state index in [4.69, 9.17) is 9.47 Å². The molecule has 1 fully saturated rings. The van der Waals surface area contributed by atoms with E-state index in [2.05, 4.69) is 9.97 Å². The van der Waals surface area contributed by atoms with Gasteiger partial charge in [-0.2, -0.15) is 0 Å². The smallest absolute Gasteiger partial charge is 0.268 e. The molecule has 1 saturated heterocycles. The Morgan fingerprint density at radius 2 is 2.46 bits per heavy atom. The van der Waals surface area contributed by atoms with Crippen LogP contribution in [0.2, 0.25) is 0 Å². The van der Waals surface area contributed by atoms with E-state index in [9.17, 15) is 4.79 Å². The van der Waals surface area contributed by atoms with Gasteiger partial charge in [0.2, 0.25) is 5.88 Å². The Morgan fingerprint density at radius 3 is 3.08 bits per heavy atom. The van der Waals surface area contributed by atoms with Crippen LogP contribution in [0.5, 0.6) is 5.88 Å². The summed E-state index contributed by atoms with van der Waals surface area (Å²) in [6, 6.07) is 0. The van der Waals surface area contributed by atoms with Gasteiger partial charge in [-0.05, 0) is 22.6 Å². The molecule has 0 saturated carbocycles. The third-order valence-corrected chi connectivity index (χ3v) is 2.60. The predicted molar refractivity (Wildman–Crippen MR) is 52.8 cm³/mol. The molecule has 2 heterocycles. The van der Waals surface area contributed by atoms with Crippen LogP contribution in [0.3, 0.4) is 0 Å². The molecule has 1 aromatic heterocycles. The largest absolute Gasteiger partial charge is 0.468 e. The number of nitrogens with one attached hydrogen (secondary N) is 1. The number of hydrogen-bond donors (Lipinski definition) is 1. The Balaban J connectivity index is 2.19. The van der Waals surface area contributed by atoms with Crippen molar-refractivity contribution in [3.63, 3.8) is 0 Å². The van der Waals surface area contributed by atoms with Gasteiger partial charge in [-0.3, -0.25) is 4.79 Å². The van der Waals surface area contributed by atoms with Crippen LogP contribution in [0.25, 0.3) is 0 Å². The zero-order valence-corrected chi connectivity index (χ0v) is 8.78. The Kier molecular flexibility index (Phi) is 2.49. The number of rotatable bonds is 2. The van der Waals surface area contributed by atoms with E-state index in [0.29, 0.717) is 22.7 Å². The molecular formula is C7H7IN2O3. The van der Waals surface area contributed by atoms with Gasteiger partial charge in [-0.1, -0.05) is 0 Å². The maximum atomic E-state index is 11.1. The molecule has 6 heteroatoms. The quantitative estimate of drug-likeness (QED) is 0.789. The van der Waals surface area contributed by atoms with Gasteiger partial charge in [0.05, 0.1) is 19.5 Å². The van der Waals surface area contributed by atoms with Gasteiger partial charge in [0.25, 0.3) is 5.56 Å². The summed E-state index contributed by atoms with van der Waals surface area (Å²) in [4.78, 5) is 17.5. The van der Waals surface area contributed by atoms with Gasteiger partial charge in [-0.25, -0.2) is 4.98 Å². The normalized spacial score (nSPS) is 16.7. The summed E-state index contributed by atoms with van der Waals surface area (Å²) >= 11 is 1.91. The summed E-state index contributed by atoms with van der Waals surface area (Å²) in [7, 11) is 0. The van der Waals surface area contributed by atoms with Gasteiger partial charge in [0, 0.05) is 0 Å². The van der Waals surface area contributed by atoms with Crippen molar-refractivity contribution in [2.75, 3.05) is 13.2 Å². The lowest BCUT2D eigenvalue weighted by Crippen LogP contribution is -2.39. The van der Waals surface area contributed by atoms with Crippen molar-refractivity contribution in [3.8, 4) is 5.88 Å². The zero-order valence-electron chi connectivity index (χ0n) is 6.62. The Labute approximate surface area is 87.6 Å². The third kappa shape index (κ3) is 1.83. The molecule has 0 aromatic carbocycles. The van der Waals surface area contributed by atoms with Crippen LogP contribution in [0.1, 0.15) is 0 Å². The standard InChI is InChI=1S/C7H7IN2O3/c8-5-6(11)9-3-10-7(5)13-4-1-12-2-4/h3-4H,1-2H2,(H,9,10,11). The monoisotopic (exact) mass is 294 g/mol. The lowest BCUT2D eigenvalue weighted by Gasteiger charge is -2.26. The van der Waals surface area contributed by atoms with Crippen molar-refractivity contribution < 1.29 is 9.47 Å². The van der Waals surface area contributed by atoms with Crippen LogP contribution in [0.4, 0.5) is 0 Å². The number of nitrogens with zero attached hydrogens (tertiary/aromatic N) is 1. The van der Waals surface area contributed by atoms with E-state index in [0.717, 1.165) is 0 Å². The second kappa shape index (κ2) is 3.62. The second-order valence-electron chi connectivity index (χ2n) is 2.63. The lowest BCUT2D eigenvalue weighted by molar-refractivity contribution is -0.0817. The molecule has 0 unspecified atom stereocenters. The summed E-state index contributed by atoms with van der Waals surface area (Å²) in [5, 5.41) is 0. The van der Waals surface area contributed by atoms with Crippen molar-refractivity contribution >= 4 is 22.6 Å². The number of halogens is 1. The molecule has 0 atom stereocenters. The molecule has 1 aliphatic rings. The fourth-order valence-electron chi connectivity index (χ4n) is 0.889. The minimum atomic E-state index is -0.175. The molecule has 0 radical (unpaired) electrons. The first-order valence-corrected chi connectivity index (χ1v) is 4.83. The molecule has 0 bridgehead atoms. The fourth-order valence-corrected chi connectivity index (χ4v) is 1.31. The number of aromatic nitrogens is 2. The zero-order chi connectivity index (χ0) is 9.26. The molecule has 1 aliphatic heterocycles. The molecular weight excluding hydrogens is 287 g/mol. The van der Waals surface area contributed by atoms with Gasteiger partial charge >= 0.3 is 0 Å². The van der Waals surface area contributed by atoms with Crippen LogP contribution in [0.15, 0.2) is 11.1 Å². The third-order valence-electron chi connectivity index (χ3n) is 1.65. The predicted octanol–water partition coefficient (Wildman–Crippen LogP) is 0.152. The minimum absolute atomic E-state index is 0.0443. The average Bonchev–Trinajstić information content (AvgIpc) is 2.04. The minimum Gasteiger partial charge on any atom is -0.468 e. The fraction of sp³-hybridized carbons (Fsp3) is 0.429. The molecule has 5 nitrogen and oxygen atoms in total. The van der Waals surface area contributed by atoms with Crippen LogP contribution in [0, 0.1) is 3.57 Å². The van der Waals surface area contributed by atoms with Gasteiger partial charge in [-0.15, -0.1) is 0 Å². The van der Waals surface area contributed by atoms with E-state index < -0.39 is 0 Å². The second-order valence-corrected chi connectivity index (χ2v) is 3.71. The van der Waals surface area contributed by atoms with Gasteiger partial charge < -0.3 is 14.5 Å². The Bertz CT molecular complexity index is 361. The number of aromatic amines is 1. The highest BCUT2D eigenvalue weighted by Crippen LogP contribution is 2.16. The summed E-state index contributed by atoms with van der Waals surface area (Å²) in [6.07, 6.45) is 1.38. The van der Waals surface area contributed by atoms with E-state index in [1.165, 1.54) is 6.33 Å². The van der Waals surface area contributed by atoms with Crippen molar-refractivity contribution in [2.24, 2.45) is 0 Å². The average molecular weight is 294 g/mol. The maximum Gasteiger partial charge on any atom is 0.268 e. The SMILES string of the molecule is O=c1[nH]cnc(OC2COC2)c1I. The van der Waals surface area contributed by atoms with Crippen LogP contribution >= 0.6 is 22.6 Å². The summed E-state index contributed by atoms with van der Waals surface area (Å²) in [5.41, 5.74) is -0.175. The van der Waals surface area contributed by atoms with Crippen molar-refractivity contribution in [1.82, 2.24) is 9.97 Å². The van der Waals surface area contributed by atoms with E-state index in [-0.39, 0.29) is 11.7 Å². The van der Waals surface area contributed by atoms with E-state index in [1.54, 1.807) is 0 Å². The summed E-state index contributed by atoms with van der Waals surface area (Å²) in [6.45, 7) is 1.15. The van der Waals surface area contributed by atoms with E-state index >= 15 is 0 Å². The molecule has 0 amide bonds. The van der Waals surface area contributed by atoms with Gasteiger partial charge in [0.1, 0.15) is 9.67 Å². The molecule has 1 N–H and O–H groups in total. The van der Waals surface area contributed by atoms with Gasteiger partial charge in [0.15, 0.2) is 0 Å². The highest BCUT2D eigenvalue weighted by atomic mass is 127.